The Labute approximate surface area is 130 Å². The third-order valence-electron chi connectivity index (χ3n) is 2.65. The second-order valence-corrected chi connectivity index (χ2v) is 6.14. The van der Waals surface area contributed by atoms with E-state index in [1.54, 1.807) is 12.1 Å². The highest BCUT2D eigenvalue weighted by atomic mass is 35.5. The smallest absolute Gasteiger partial charge is 0.337 e. The van der Waals surface area contributed by atoms with Gasteiger partial charge in [0.15, 0.2) is 0 Å². The van der Waals surface area contributed by atoms with E-state index in [0.29, 0.717) is 22.9 Å². The number of ether oxygens (including phenoxy) is 2. The summed E-state index contributed by atoms with van der Waals surface area (Å²) in [4.78, 5) is 11.4. The highest BCUT2D eigenvalue weighted by molar-refractivity contribution is 6.32. The number of nitrogens with one attached hydrogen (secondary N) is 1. The van der Waals surface area contributed by atoms with Gasteiger partial charge in [-0.2, -0.15) is 0 Å². The predicted octanol–water partition coefficient (Wildman–Crippen LogP) is 2.25. The van der Waals surface area contributed by atoms with Gasteiger partial charge < -0.3 is 19.9 Å². The van der Waals surface area contributed by atoms with Crippen LogP contribution in [0.2, 0.25) is 5.02 Å². The van der Waals surface area contributed by atoms with E-state index in [1.807, 2.05) is 20.8 Å². The van der Waals surface area contributed by atoms with E-state index < -0.39 is 12.1 Å². The highest BCUT2D eigenvalue weighted by Crippen LogP contribution is 2.25. The number of aliphatic hydroxyl groups excluding tert-OH is 1. The molecule has 0 fully saturated rings. The quantitative estimate of drug-likeness (QED) is 0.788. The Morgan fingerprint density at radius 1 is 1.43 bits per heavy atom. The van der Waals surface area contributed by atoms with Gasteiger partial charge in [0.05, 0.1) is 17.7 Å². The average molecular weight is 316 g/mol. The van der Waals surface area contributed by atoms with Gasteiger partial charge in [-0.05, 0) is 39.0 Å². The molecule has 0 heterocycles. The van der Waals surface area contributed by atoms with Crippen LogP contribution in [-0.2, 0) is 4.74 Å². The van der Waals surface area contributed by atoms with Crippen molar-refractivity contribution in [2.24, 2.45) is 0 Å². The monoisotopic (exact) mass is 315 g/mol. The van der Waals surface area contributed by atoms with Crippen LogP contribution in [-0.4, -0.2) is 43.0 Å². The second kappa shape index (κ2) is 7.64. The van der Waals surface area contributed by atoms with E-state index in [1.165, 1.54) is 13.2 Å². The highest BCUT2D eigenvalue weighted by Gasteiger charge is 2.14. The van der Waals surface area contributed by atoms with Crippen LogP contribution in [0.5, 0.6) is 5.75 Å². The number of aliphatic hydroxyl groups is 1. The van der Waals surface area contributed by atoms with E-state index >= 15 is 0 Å². The van der Waals surface area contributed by atoms with Crippen LogP contribution in [0.3, 0.4) is 0 Å². The lowest BCUT2D eigenvalue weighted by Gasteiger charge is -2.23. The van der Waals surface area contributed by atoms with Gasteiger partial charge in [0.2, 0.25) is 0 Å². The first-order valence-electron chi connectivity index (χ1n) is 6.66. The molecule has 0 amide bonds. The summed E-state index contributed by atoms with van der Waals surface area (Å²) in [7, 11) is 1.30. The van der Waals surface area contributed by atoms with E-state index in [-0.39, 0.29) is 12.1 Å². The van der Waals surface area contributed by atoms with Gasteiger partial charge in [-0.15, -0.1) is 0 Å². The lowest BCUT2D eigenvalue weighted by Crippen LogP contribution is -2.42. The maximum Gasteiger partial charge on any atom is 0.337 e. The summed E-state index contributed by atoms with van der Waals surface area (Å²) in [5.74, 6) is -0.0445. The Bertz CT molecular complexity index is 485. The zero-order valence-corrected chi connectivity index (χ0v) is 13.5. The molecule has 0 bridgehead atoms. The van der Waals surface area contributed by atoms with Crippen molar-refractivity contribution in [3.63, 3.8) is 0 Å². The second-order valence-electron chi connectivity index (χ2n) is 5.73. The molecule has 1 unspecified atom stereocenters. The lowest BCUT2D eigenvalue weighted by molar-refractivity contribution is 0.0600. The largest absolute Gasteiger partial charge is 0.489 e. The first-order valence-corrected chi connectivity index (χ1v) is 7.04. The van der Waals surface area contributed by atoms with Crippen LogP contribution in [0.1, 0.15) is 31.1 Å². The molecule has 118 valence electrons. The van der Waals surface area contributed by atoms with Gasteiger partial charge in [-0.3, -0.25) is 0 Å². The van der Waals surface area contributed by atoms with Crippen molar-refractivity contribution in [1.82, 2.24) is 5.32 Å². The van der Waals surface area contributed by atoms with Crippen molar-refractivity contribution >= 4 is 17.6 Å². The molecule has 0 radical (unpaired) electrons. The summed E-state index contributed by atoms with van der Waals surface area (Å²) in [5, 5.41) is 13.3. The van der Waals surface area contributed by atoms with Crippen molar-refractivity contribution in [3.8, 4) is 5.75 Å². The van der Waals surface area contributed by atoms with Crippen LogP contribution in [0.15, 0.2) is 18.2 Å². The van der Waals surface area contributed by atoms with Crippen LogP contribution < -0.4 is 10.1 Å². The topological polar surface area (TPSA) is 67.8 Å². The number of benzene rings is 1. The number of hydrogen-bond donors (Lipinski definition) is 2. The molecule has 0 aliphatic heterocycles. The SMILES string of the molecule is COC(=O)c1ccc(OCC(O)CNC(C)(C)C)c(Cl)c1. The number of methoxy groups -OCH3 is 1. The first-order chi connectivity index (χ1) is 9.73. The summed E-state index contributed by atoms with van der Waals surface area (Å²) in [5.41, 5.74) is 0.283. The Morgan fingerprint density at radius 3 is 2.62 bits per heavy atom. The standard InChI is InChI=1S/C15H22ClNO4/c1-15(2,3)17-8-11(18)9-21-13-6-5-10(7-12(13)16)14(19)20-4/h5-7,11,17-18H,8-9H2,1-4H3. The fourth-order valence-electron chi connectivity index (χ4n) is 1.53. The summed E-state index contributed by atoms with van der Waals surface area (Å²) < 4.78 is 10.1. The van der Waals surface area contributed by atoms with Crippen molar-refractivity contribution < 1.29 is 19.4 Å². The predicted molar refractivity (Wildman–Crippen MR) is 82.0 cm³/mol. The zero-order chi connectivity index (χ0) is 16.0. The summed E-state index contributed by atoms with van der Waals surface area (Å²) in [6, 6.07) is 4.62. The normalized spacial score (nSPS) is 12.9. The zero-order valence-electron chi connectivity index (χ0n) is 12.8. The number of halogens is 1. The average Bonchev–Trinajstić information content (AvgIpc) is 2.42. The molecule has 2 N–H and O–H groups in total. The molecule has 5 nitrogen and oxygen atoms in total. The molecule has 0 saturated heterocycles. The molecule has 0 aliphatic carbocycles. The molecule has 1 aromatic rings. The van der Waals surface area contributed by atoms with Crippen LogP contribution in [0.4, 0.5) is 0 Å². The number of carbonyl (C=O) groups excluding carboxylic acids is 1. The molecule has 0 aliphatic rings. The van der Waals surface area contributed by atoms with Gasteiger partial charge in [0.25, 0.3) is 0 Å². The molecular formula is C15H22ClNO4. The molecular weight excluding hydrogens is 294 g/mol. The molecule has 0 saturated carbocycles. The number of rotatable bonds is 6. The molecule has 1 aromatic carbocycles. The Balaban J connectivity index is 2.54. The fourth-order valence-corrected chi connectivity index (χ4v) is 1.77. The van der Waals surface area contributed by atoms with E-state index in [4.69, 9.17) is 16.3 Å². The van der Waals surface area contributed by atoms with Gasteiger partial charge in [-0.25, -0.2) is 4.79 Å². The minimum atomic E-state index is -0.652. The van der Waals surface area contributed by atoms with Crippen LogP contribution in [0, 0.1) is 0 Å². The molecule has 1 atom stereocenters. The first kappa shape index (κ1) is 17.8. The van der Waals surface area contributed by atoms with Gasteiger partial charge in [0.1, 0.15) is 18.5 Å². The summed E-state index contributed by atoms with van der Waals surface area (Å²) in [6.45, 7) is 6.58. The third kappa shape index (κ3) is 6.33. The van der Waals surface area contributed by atoms with Crippen molar-refractivity contribution in [2.75, 3.05) is 20.3 Å². The van der Waals surface area contributed by atoms with Gasteiger partial charge in [-0.1, -0.05) is 11.6 Å². The van der Waals surface area contributed by atoms with Crippen molar-refractivity contribution in [3.05, 3.63) is 28.8 Å². The lowest BCUT2D eigenvalue weighted by atomic mass is 10.1. The number of β-amino-alcohol motifs (C(OH)–C–C–N with tert-alkyl or cyclic N) is 1. The Hall–Kier alpha value is -1.30. The van der Waals surface area contributed by atoms with E-state index in [0.717, 1.165) is 0 Å². The number of carbonyl (C=O) groups is 1. The molecule has 1 rings (SSSR count). The maximum atomic E-state index is 11.4. The molecule has 0 spiro atoms. The summed E-state index contributed by atoms with van der Waals surface area (Å²) in [6.07, 6.45) is -0.652. The minimum absolute atomic E-state index is 0.0687. The Morgan fingerprint density at radius 2 is 2.10 bits per heavy atom. The Kier molecular flexibility index (Phi) is 6.45. The maximum absolute atomic E-state index is 11.4. The van der Waals surface area contributed by atoms with Crippen molar-refractivity contribution in [1.29, 1.82) is 0 Å². The molecule has 0 aromatic heterocycles. The minimum Gasteiger partial charge on any atom is -0.489 e. The third-order valence-corrected chi connectivity index (χ3v) is 2.95. The van der Waals surface area contributed by atoms with E-state index in [9.17, 15) is 9.90 Å². The van der Waals surface area contributed by atoms with E-state index in [2.05, 4.69) is 10.1 Å². The van der Waals surface area contributed by atoms with Crippen LogP contribution in [0.25, 0.3) is 0 Å². The number of esters is 1. The van der Waals surface area contributed by atoms with Gasteiger partial charge >= 0.3 is 5.97 Å². The van der Waals surface area contributed by atoms with Crippen LogP contribution >= 0.6 is 11.6 Å². The molecule has 6 heteroatoms. The fraction of sp³-hybridized carbons (Fsp3) is 0.533. The van der Waals surface area contributed by atoms with Gasteiger partial charge in [0, 0.05) is 12.1 Å². The van der Waals surface area contributed by atoms with Crippen molar-refractivity contribution in [2.45, 2.75) is 32.4 Å². The molecule has 21 heavy (non-hydrogen) atoms. The summed E-state index contributed by atoms with van der Waals surface area (Å²) >= 11 is 6.03. The number of hydrogen-bond acceptors (Lipinski definition) is 5.